The minimum Gasteiger partial charge on any atom is -0.337 e. The van der Waals surface area contributed by atoms with Crippen molar-refractivity contribution < 1.29 is 18.8 Å². The molecule has 1 aromatic carbocycles. The maximum atomic E-state index is 13.2. The molecule has 29 heavy (non-hydrogen) atoms. The molecule has 4 atom stereocenters. The van der Waals surface area contributed by atoms with Crippen molar-refractivity contribution in [2.45, 2.75) is 39.2 Å². The Hall–Kier alpha value is -2.50. The third-order valence-electron chi connectivity index (χ3n) is 6.53. The fourth-order valence-electron chi connectivity index (χ4n) is 5.01. The van der Waals surface area contributed by atoms with Gasteiger partial charge < -0.3 is 4.90 Å². The second-order valence-electron chi connectivity index (χ2n) is 8.41. The topological polar surface area (TPSA) is 57.7 Å². The molecule has 0 spiro atoms. The van der Waals surface area contributed by atoms with Crippen molar-refractivity contribution in [1.29, 1.82) is 0 Å². The van der Waals surface area contributed by atoms with Gasteiger partial charge in [-0.2, -0.15) is 0 Å². The summed E-state index contributed by atoms with van der Waals surface area (Å²) in [6, 6.07) is 6.08. The van der Waals surface area contributed by atoms with Crippen molar-refractivity contribution in [1.82, 2.24) is 9.80 Å². The third kappa shape index (κ3) is 3.72. The summed E-state index contributed by atoms with van der Waals surface area (Å²) in [6.45, 7) is 2.80. The van der Waals surface area contributed by atoms with E-state index in [1.54, 1.807) is 17.0 Å². The average Bonchev–Trinajstić information content (AvgIpc) is 3.39. The van der Waals surface area contributed by atoms with E-state index in [4.69, 9.17) is 0 Å². The van der Waals surface area contributed by atoms with Crippen molar-refractivity contribution in [3.63, 3.8) is 0 Å². The van der Waals surface area contributed by atoms with Crippen LogP contribution in [0, 0.1) is 29.5 Å². The summed E-state index contributed by atoms with van der Waals surface area (Å²) >= 11 is 0. The van der Waals surface area contributed by atoms with Gasteiger partial charge >= 0.3 is 0 Å². The number of unbranched alkanes of at least 4 members (excludes halogenated alkanes) is 2. The van der Waals surface area contributed by atoms with Crippen LogP contribution in [-0.2, 0) is 20.9 Å². The Morgan fingerprint density at radius 1 is 1.07 bits per heavy atom. The number of halogens is 1. The van der Waals surface area contributed by atoms with Gasteiger partial charge in [0.25, 0.3) is 0 Å². The Morgan fingerprint density at radius 3 is 2.28 bits per heavy atom. The number of benzene rings is 1. The van der Waals surface area contributed by atoms with Gasteiger partial charge in [0, 0.05) is 13.1 Å². The number of hydrogen-bond acceptors (Lipinski definition) is 3. The fraction of sp³-hybridized carbons (Fsp3) is 0.522. The van der Waals surface area contributed by atoms with E-state index >= 15 is 0 Å². The van der Waals surface area contributed by atoms with E-state index < -0.39 is 0 Å². The molecular formula is C23H27FN2O3. The van der Waals surface area contributed by atoms with Gasteiger partial charge in [-0.15, -0.1) is 0 Å². The third-order valence-corrected chi connectivity index (χ3v) is 6.53. The zero-order valence-corrected chi connectivity index (χ0v) is 16.7. The van der Waals surface area contributed by atoms with E-state index in [-0.39, 0.29) is 53.8 Å². The lowest BCUT2D eigenvalue weighted by Gasteiger charge is -2.26. The highest BCUT2D eigenvalue weighted by Crippen LogP contribution is 2.52. The number of carbonyl (C=O) groups excluding carboxylic acids is 3. The molecule has 5 nitrogen and oxygen atoms in total. The average molecular weight is 398 g/mol. The molecule has 3 amide bonds. The summed E-state index contributed by atoms with van der Waals surface area (Å²) in [5.74, 6) is -1.22. The molecule has 4 unspecified atom stereocenters. The van der Waals surface area contributed by atoms with Crippen LogP contribution in [0.4, 0.5) is 4.39 Å². The first kappa shape index (κ1) is 19.8. The molecule has 1 heterocycles. The van der Waals surface area contributed by atoms with Crippen LogP contribution in [0.3, 0.4) is 0 Å². The lowest BCUT2D eigenvalue weighted by Crippen LogP contribution is -2.44. The molecule has 1 saturated carbocycles. The van der Waals surface area contributed by atoms with Gasteiger partial charge in [-0.1, -0.05) is 44.1 Å². The smallest absolute Gasteiger partial charge is 0.243 e. The number of fused-ring (bicyclic) bond motifs is 5. The van der Waals surface area contributed by atoms with E-state index in [1.807, 2.05) is 12.2 Å². The number of hydrogen-bond donors (Lipinski definition) is 0. The van der Waals surface area contributed by atoms with Gasteiger partial charge in [-0.25, -0.2) is 4.39 Å². The Kier molecular flexibility index (Phi) is 5.52. The van der Waals surface area contributed by atoms with Crippen LogP contribution in [0.5, 0.6) is 0 Å². The molecular weight excluding hydrogens is 371 g/mol. The Labute approximate surface area is 170 Å². The lowest BCUT2D eigenvalue weighted by molar-refractivity contribution is -0.147. The van der Waals surface area contributed by atoms with Crippen molar-refractivity contribution in [3.05, 3.63) is 47.8 Å². The maximum absolute atomic E-state index is 13.2. The number of likely N-dealkylation sites (tertiary alicyclic amines) is 1. The van der Waals surface area contributed by atoms with Crippen LogP contribution in [0.15, 0.2) is 36.4 Å². The summed E-state index contributed by atoms with van der Waals surface area (Å²) in [5, 5.41) is 0. The van der Waals surface area contributed by atoms with E-state index in [2.05, 4.69) is 6.92 Å². The first-order valence-electron chi connectivity index (χ1n) is 10.6. The summed E-state index contributed by atoms with van der Waals surface area (Å²) < 4.78 is 13.2. The summed E-state index contributed by atoms with van der Waals surface area (Å²) in [7, 11) is 0. The highest BCUT2D eigenvalue weighted by atomic mass is 19.1. The molecule has 1 aliphatic heterocycles. The Morgan fingerprint density at radius 2 is 1.69 bits per heavy atom. The highest BCUT2D eigenvalue weighted by Gasteiger charge is 2.59. The molecule has 0 aromatic heterocycles. The summed E-state index contributed by atoms with van der Waals surface area (Å²) in [4.78, 5) is 41.6. The minimum atomic E-state index is -0.319. The van der Waals surface area contributed by atoms with Crippen molar-refractivity contribution in [3.8, 4) is 0 Å². The predicted molar refractivity (Wildman–Crippen MR) is 106 cm³/mol. The zero-order valence-electron chi connectivity index (χ0n) is 16.7. The number of carbonyl (C=O) groups is 3. The van der Waals surface area contributed by atoms with Gasteiger partial charge in [-0.05, 0) is 42.4 Å². The fourth-order valence-corrected chi connectivity index (χ4v) is 5.01. The highest BCUT2D eigenvalue weighted by molar-refractivity contribution is 6.08. The van der Waals surface area contributed by atoms with Crippen LogP contribution in [0.1, 0.15) is 38.2 Å². The quantitative estimate of drug-likeness (QED) is 0.384. The van der Waals surface area contributed by atoms with E-state index in [1.165, 1.54) is 17.0 Å². The SMILES string of the molecule is CCCCCN(Cc1ccc(F)cc1)C(=O)CN1C(=O)C2C3C=CC(C3)C2C1=O. The zero-order chi connectivity index (χ0) is 20.5. The van der Waals surface area contributed by atoms with Crippen molar-refractivity contribution in [2.75, 3.05) is 13.1 Å². The number of amides is 3. The first-order valence-corrected chi connectivity index (χ1v) is 10.6. The van der Waals surface area contributed by atoms with Gasteiger partial charge in [0.15, 0.2) is 0 Å². The monoisotopic (exact) mass is 398 g/mol. The molecule has 0 N–H and O–H groups in total. The van der Waals surface area contributed by atoms with E-state index in [9.17, 15) is 18.8 Å². The molecule has 2 fully saturated rings. The molecule has 6 heteroatoms. The van der Waals surface area contributed by atoms with Crippen LogP contribution in [-0.4, -0.2) is 40.6 Å². The standard InChI is InChI=1S/C23H27FN2O3/c1-2-3-4-11-25(13-15-5-9-18(24)10-6-15)19(27)14-26-22(28)20-16-7-8-17(12-16)21(20)23(26)29/h5-10,16-17,20-21H,2-4,11-14H2,1H3. The van der Waals surface area contributed by atoms with Crippen LogP contribution in [0.25, 0.3) is 0 Å². The van der Waals surface area contributed by atoms with Gasteiger partial charge in [0.1, 0.15) is 12.4 Å². The van der Waals surface area contributed by atoms with Crippen LogP contribution < -0.4 is 0 Å². The lowest BCUT2D eigenvalue weighted by atomic mass is 9.85. The second-order valence-corrected chi connectivity index (χ2v) is 8.41. The summed E-state index contributed by atoms with van der Waals surface area (Å²) in [5.41, 5.74) is 0.828. The Balaban J connectivity index is 1.45. The predicted octanol–water partition coefficient (Wildman–Crippen LogP) is 3.15. The van der Waals surface area contributed by atoms with E-state index in [0.717, 1.165) is 31.2 Å². The maximum Gasteiger partial charge on any atom is 0.243 e. The van der Waals surface area contributed by atoms with Crippen LogP contribution >= 0.6 is 0 Å². The molecule has 2 bridgehead atoms. The number of nitrogens with zero attached hydrogens (tertiary/aromatic N) is 2. The molecule has 154 valence electrons. The molecule has 1 aromatic rings. The van der Waals surface area contributed by atoms with Crippen molar-refractivity contribution >= 4 is 17.7 Å². The Bertz CT molecular complexity index is 805. The minimum absolute atomic E-state index is 0.140. The van der Waals surface area contributed by atoms with Gasteiger partial charge in [-0.3, -0.25) is 19.3 Å². The first-order chi connectivity index (χ1) is 14.0. The normalized spacial score (nSPS) is 27.0. The number of allylic oxidation sites excluding steroid dienone is 2. The van der Waals surface area contributed by atoms with Gasteiger partial charge in [0.2, 0.25) is 17.7 Å². The van der Waals surface area contributed by atoms with Gasteiger partial charge in [0.05, 0.1) is 11.8 Å². The summed E-state index contributed by atoms with van der Waals surface area (Å²) in [6.07, 6.45) is 7.85. The van der Waals surface area contributed by atoms with Crippen LogP contribution in [0.2, 0.25) is 0 Å². The number of imide groups is 1. The van der Waals surface area contributed by atoms with E-state index in [0.29, 0.717) is 13.1 Å². The second kappa shape index (κ2) is 8.09. The molecule has 4 rings (SSSR count). The molecule has 1 saturated heterocycles. The molecule has 3 aliphatic rings. The van der Waals surface area contributed by atoms with Crippen molar-refractivity contribution in [2.24, 2.45) is 23.7 Å². The molecule has 0 radical (unpaired) electrons. The molecule has 2 aliphatic carbocycles. The largest absolute Gasteiger partial charge is 0.337 e. The number of rotatable bonds is 8.